The number of hydrogen-bond acceptors (Lipinski definition) is 5. The molecular weight excluding hydrogens is 334 g/mol. The first-order valence-electron chi connectivity index (χ1n) is 9.26. The number of ether oxygens (including phenoxy) is 2. The van der Waals surface area contributed by atoms with Crippen molar-refractivity contribution < 1.29 is 19.1 Å². The van der Waals surface area contributed by atoms with Crippen molar-refractivity contribution in [3.63, 3.8) is 0 Å². The van der Waals surface area contributed by atoms with E-state index in [4.69, 9.17) is 9.47 Å². The van der Waals surface area contributed by atoms with Gasteiger partial charge in [0, 0.05) is 37.8 Å². The Bertz CT molecular complexity index is 683. The number of amides is 2. The highest BCUT2D eigenvalue weighted by molar-refractivity contribution is 6.35. The molecule has 4 rings (SSSR count). The summed E-state index contributed by atoms with van der Waals surface area (Å²) in [5.74, 6) is -0.314. The maximum atomic E-state index is 12.7. The molecule has 4 unspecified atom stereocenters. The van der Waals surface area contributed by atoms with E-state index in [1.54, 1.807) is 12.0 Å². The second-order valence-corrected chi connectivity index (χ2v) is 7.28. The van der Waals surface area contributed by atoms with Crippen LogP contribution in [0, 0.1) is 0 Å². The summed E-state index contributed by atoms with van der Waals surface area (Å²) in [5.41, 5.74) is 0.837. The van der Waals surface area contributed by atoms with Crippen molar-refractivity contribution in [2.24, 2.45) is 0 Å². The number of piperazine rings is 1. The van der Waals surface area contributed by atoms with Crippen LogP contribution in [0.4, 0.5) is 0 Å². The molecule has 3 aliphatic rings. The number of methoxy groups -OCH3 is 1. The fraction of sp³-hybridized carbons (Fsp3) is 0.579. The van der Waals surface area contributed by atoms with Gasteiger partial charge in [-0.2, -0.15) is 0 Å². The molecule has 2 bridgehead atoms. The molecule has 3 aliphatic heterocycles. The van der Waals surface area contributed by atoms with E-state index in [1.165, 1.54) is 6.42 Å². The van der Waals surface area contributed by atoms with Crippen LogP contribution in [0.1, 0.15) is 30.9 Å². The van der Waals surface area contributed by atoms with Gasteiger partial charge in [-0.1, -0.05) is 24.6 Å². The Morgan fingerprint density at radius 2 is 1.96 bits per heavy atom. The molecule has 2 saturated heterocycles. The quantitative estimate of drug-likeness (QED) is 0.756. The smallest absolute Gasteiger partial charge is 0.312 e. The first kappa shape index (κ1) is 17.3. The van der Waals surface area contributed by atoms with Crippen molar-refractivity contribution in [3.8, 4) is 5.75 Å². The van der Waals surface area contributed by atoms with Gasteiger partial charge in [0.15, 0.2) is 0 Å². The van der Waals surface area contributed by atoms with E-state index in [2.05, 4.69) is 10.6 Å². The molecular formula is C19H25N3O4. The summed E-state index contributed by atoms with van der Waals surface area (Å²) in [6.45, 7) is 1.53. The molecule has 0 spiro atoms. The zero-order chi connectivity index (χ0) is 18.1. The molecule has 140 valence electrons. The average molecular weight is 359 g/mol. The zero-order valence-corrected chi connectivity index (χ0v) is 14.9. The molecule has 2 amide bonds. The second-order valence-electron chi connectivity index (χ2n) is 7.28. The third kappa shape index (κ3) is 3.29. The number of fused-ring (bicyclic) bond motifs is 3. The van der Waals surface area contributed by atoms with E-state index >= 15 is 0 Å². The van der Waals surface area contributed by atoms with Crippen molar-refractivity contribution >= 4 is 11.8 Å². The molecule has 7 nitrogen and oxygen atoms in total. The zero-order valence-electron chi connectivity index (χ0n) is 14.9. The number of benzene rings is 1. The summed E-state index contributed by atoms with van der Waals surface area (Å²) < 4.78 is 11.2. The number of para-hydroxylation sites is 1. The van der Waals surface area contributed by atoms with Gasteiger partial charge in [-0.3, -0.25) is 9.59 Å². The average Bonchev–Trinajstić information content (AvgIpc) is 2.67. The number of carbonyl (C=O) groups is 2. The maximum absolute atomic E-state index is 12.7. The van der Waals surface area contributed by atoms with Gasteiger partial charge < -0.3 is 25.0 Å². The fourth-order valence-corrected chi connectivity index (χ4v) is 4.23. The van der Waals surface area contributed by atoms with Crippen molar-refractivity contribution in [2.45, 2.75) is 43.5 Å². The topological polar surface area (TPSA) is 79.9 Å². The van der Waals surface area contributed by atoms with Gasteiger partial charge in [0.05, 0.1) is 6.04 Å². The number of hydrogen-bond donors (Lipinski definition) is 2. The predicted octanol–water partition coefficient (Wildman–Crippen LogP) is 0.604. The van der Waals surface area contributed by atoms with Crippen LogP contribution in [0.25, 0.3) is 0 Å². The lowest BCUT2D eigenvalue weighted by Crippen LogP contribution is -2.62. The number of rotatable bonds is 2. The number of likely N-dealkylation sites (tertiary alicyclic amines) is 1. The molecule has 2 N–H and O–H groups in total. The van der Waals surface area contributed by atoms with Gasteiger partial charge in [-0.25, -0.2) is 0 Å². The number of nitrogens with one attached hydrogen (secondary N) is 2. The molecule has 7 heteroatoms. The number of nitrogens with zero attached hydrogens (tertiary/aromatic N) is 1. The lowest BCUT2D eigenvalue weighted by molar-refractivity contribution is -0.148. The Hall–Kier alpha value is -2.12. The molecule has 3 heterocycles. The van der Waals surface area contributed by atoms with Crippen LogP contribution in [0.3, 0.4) is 0 Å². The summed E-state index contributed by atoms with van der Waals surface area (Å²) in [5, 5.41) is 6.41. The molecule has 0 saturated carbocycles. The first-order valence-corrected chi connectivity index (χ1v) is 9.26. The number of carbonyl (C=O) groups excluding carboxylic acids is 2. The summed E-state index contributed by atoms with van der Waals surface area (Å²) in [7, 11) is 1.58. The van der Waals surface area contributed by atoms with Gasteiger partial charge in [0.25, 0.3) is 0 Å². The lowest BCUT2D eigenvalue weighted by Gasteiger charge is -2.42. The minimum Gasteiger partial charge on any atom is -0.490 e. The molecule has 1 aromatic rings. The monoisotopic (exact) mass is 359 g/mol. The van der Waals surface area contributed by atoms with E-state index in [-0.39, 0.29) is 6.10 Å². The van der Waals surface area contributed by atoms with Crippen LogP contribution in [0.15, 0.2) is 24.3 Å². The number of piperidine rings is 1. The van der Waals surface area contributed by atoms with Crippen LogP contribution in [-0.4, -0.2) is 61.7 Å². The van der Waals surface area contributed by atoms with Crippen LogP contribution < -0.4 is 15.4 Å². The van der Waals surface area contributed by atoms with E-state index in [0.717, 1.165) is 24.2 Å². The highest BCUT2D eigenvalue weighted by Crippen LogP contribution is 2.33. The van der Waals surface area contributed by atoms with Crippen molar-refractivity contribution in [3.05, 3.63) is 29.8 Å². The normalized spacial score (nSPS) is 30.1. The summed E-state index contributed by atoms with van der Waals surface area (Å²) >= 11 is 0. The molecule has 4 atom stereocenters. The lowest BCUT2D eigenvalue weighted by atomic mass is 9.94. The highest BCUT2D eigenvalue weighted by atomic mass is 16.5. The Kier molecular flexibility index (Phi) is 4.82. The predicted molar refractivity (Wildman–Crippen MR) is 94.8 cm³/mol. The minimum atomic E-state index is -0.575. The third-order valence-electron chi connectivity index (χ3n) is 5.56. The SMILES string of the molecule is COC1COc2ccccc2C1NC(=O)C(=O)N1CC2CCCC(C1)N2. The molecule has 0 radical (unpaired) electrons. The molecule has 2 fully saturated rings. The van der Waals surface area contributed by atoms with Crippen LogP contribution in [0.2, 0.25) is 0 Å². The molecule has 26 heavy (non-hydrogen) atoms. The Balaban J connectivity index is 1.47. The second kappa shape index (κ2) is 7.25. The van der Waals surface area contributed by atoms with Crippen LogP contribution in [0.5, 0.6) is 5.75 Å². The van der Waals surface area contributed by atoms with Gasteiger partial charge in [0.2, 0.25) is 0 Å². The van der Waals surface area contributed by atoms with Crippen molar-refractivity contribution in [1.29, 1.82) is 0 Å². The minimum absolute atomic E-state index is 0.301. The van der Waals surface area contributed by atoms with Gasteiger partial charge >= 0.3 is 11.8 Å². The van der Waals surface area contributed by atoms with Crippen LogP contribution >= 0.6 is 0 Å². The van der Waals surface area contributed by atoms with E-state index < -0.39 is 17.9 Å². The Labute approximate surface area is 153 Å². The van der Waals surface area contributed by atoms with Gasteiger partial charge in [-0.15, -0.1) is 0 Å². The van der Waals surface area contributed by atoms with E-state index in [0.29, 0.717) is 31.8 Å². The Morgan fingerprint density at radius 1 is 1.23 bits per heavy atom. The Morgan fingerprint density at radius 3 is 2.69 bits per heavy atom. The summed E-state index contributed by atoms with van der Waals surface area (Å²) in [6.07, 6.45) is 2.97. The third-order valence-corrected chi connectivity index (χ3v) is 5.56. The van der Waals surface area contributed by atoms with Gasteiger partial charge in [0.1, 0.15) is 18.5 Å². The van der Waals surface area contributed by atoms with E-state index in [1.807, 2.05) is 24.3 Å². The van der Waals surface area contributed by atoms with E-state index in [9.17, 15) is 9.59 Å². The van der Waals surface area contributed by atoms with Crippen molar-refractivity contribution in [2.75, 3.05) is 26.8 Å². The standard InChI is InChI=1S/C19H25N3O4/c1-25-16-11-26-15-8-3-2-7-14(15)17(16)21-18(23)19(24)22-9-12-5-4-6-13(10-22)20-12/h2-3,7-8,12-13,16-17,20H,4-6,9-11H2,1H3,(H,21,23). The largest absolute Gasteiger partial charge is 0.490 e. The summed E-state index contributed by atoms with van der Waals surface area (Å²) in [4.78, 5) is 27.1. The summed E-state index contributed by atoms with van der Waals surface area (Å²) in [6, 6.07) is 7.73. The highest BCUT2D eigenvalue weighted by Gasteiger charge is 2.37. The first-order chi connectivity index (χ1) is 12.7. The van der Waals surface area contributed by atoms with Crippen molar-refractivity contribution in [1.82, 2.24) is 15.5 Å². The van der Waals surface area contributed by atoms with Gasteiger partial charge in [-0.05, 0) is 18.9 Å². The molecule has 1 aromatic carbocycles. The maximum Gasteiger partial charge on any atom is 0.312 e. The molecule has 0 aliphatic carbocycles. The molecule has 0 aromatic heterocycles. The fourth-order valence-electron chi connectivity index (χ4n) is 4.23. The van der Waals surface area contributed by atoms with Crippen LogP contribution in [-0.2, 0) is 14.3 Å².